The van der Waals surface area contributed by atoms with Gasteiger partial charge in [-0.1, -0.05) is 12.2 Å². The molecule has 0 aromatic carbocycles. The Balaban J connectivity index is 1.93. The SMILES string of the molecule is N#CC1C=CC(N2CCCC2)CC1. The minimum atomic E-state index is 0.179. The molecule has 1 aliphatic heterocycles. The summed E-state index contributed by atoms with van der Waals surface area (Å²) in [6, 6.07) is 2.94. The van der Waals surface area contributed by atoms with Crippen molar-refractivity contribution < 1.29 is 0 Å². The first-order valence-electron chi connectivity index (χ1n) is 5.22. The summed E-state index contributed by atoms with van der Waals surface area (Å²) in [6.45, 7) is 2.51. The molecule has 2 aliphatic rings. The second-order valence-electron chi connectivity index (χ2n) is 4.01. The molecule has 2 atom stereocenters. The van der Waals surface area contributed by atoms with Crippen molar-refractivity contribution in [1.29, 1.82) is 5.26 Å². The number of likely N-dealkylation sites (tertiary alicyclic amines) is 1. The highest BCUT2D eigenvalue weighted by atomic mass is 15.2. The molecule has 1 heterocycles. The average Bonchev–Trinajstić information content (AvgIpc) is 2.71. The molecule has 0 N–H and O–H groups in total. The van der Waals surface area contributed by atoms with Gasteiger partial charge in [-0.25, -0.2) is 0 Å². The molecule has 0 spiro atoms. The molecular weight excluding hydrogens is 160 g/mol. The molecule has 2 heteroatoms. The van der Waals surface area contributed by atoms with Crippen molar-refractivity contribution in [3.8, 4) is 6.07 Å². The van der Waals surface area contributed by atoms with E-state index in [9.17, 15) is 0 Å². The number of nitriles is 1. The Kier molecular flexibility index (Phi) is 2.65. The second-order valence-corrected chi connectivity index (χ2v) is 4.01. The lowest BCUT2D eigenvalue weighted by Gasteiger charge is -2.28. The van der Waals surface area contributed by atoms with Crippen molar-refractivity contribution >= 4 is 0 Å². The third kappa shape index (κ3) is 1.92. The maximum atomic E-state index is 8.73. The van der Waals surface area contributed by atoms with Gasteiger partial charge in [-0.05, 0) is 38.8 Å². The maximum absolute atomic E-state index is 8.73. The van der Waals surface area contributed by atoms with Crippen LogP contribution in [-0.4, -0.2) is 24.0 Å². The molecular formula is C11H16N2. The fourth-order valence-electron chi connectivity index (χ4n) is 2.29. The van der Waals surface area contributed by atoms with Gasteiger partial charge in [0.2, 0.25) is 0 Å². The number of nitrogens with zero attached hydrogens (tertiary/aromatic N) is 2. The fraction of sp³-hybridized carbons (Fsp3) is 0.727. The van der Waals surface area contributed by atoms with Crippen LogP contribution in [0.2, 0.25) is 0 Å². The third-order valence-corrected chi connectivity index (χ3v) is 3.11. The Labute approximate surface area is 79.8 Å². The van der Waals surface area contributed by atoms with Crippen LogP contribution in [0.3, 0.4) is 0 Å². The largest absolute Gasteiger partial charge is 0.297 e. The normalized spacial score (nSPS) is 34.7. The minimum absolute atomic E-state index is 0.179. The summed E-state index contributed by atoms with van der Waals surface area (Å²) in [5.41, 5.74) is 0. The van der Waals surface area contributed by atoms with Crippen LogP contribution >= 0.6 is 0 Å². The van der Waals surface area contributed by atoms with E-state index >= 15 is 0 Å². The molecule has 1 aliphatic carbocycles. The van der Waals surface area contributed by atoms with Gasteiger partial charge in [0.15, 0.2) is 0 Å². The highest BCUT2D eigenvalue weighted by Crippen LogP contribution is 2.23. The predicted octanol–water partition coefficient (Wildman–Crippen LogP) is 1.94. The van der Waals surface area contributed by atoms with Gasteiger partial charge in [-0.2, -0.15) is 5.26 Å². The monoisotopic (exact) mass is 176 g/mol. The zero-order valence-corrected chi connectivity index (χ0v) is 7.95. The van der Waals surface area contributed by atoms with Crippen molar-refractivity contribution in [2.45, 2.75) is 31.7 Å². The van der Waals surface area contributed by atoms with Crippen molar-refractivity contribution in [1.82, 2.24) is 4.90 Å². The zero-order chi connectivity index (χ0) is 9.10. The summed E-state index contributed by atoms with van der Waals surface area (Å²) in [4.78, 5) is 2.55. The van der Waals surface area contributed by atoms with Crippen LogP contribution in [0.25, 0.3) is 0 Å². The summed E-state index contributed by atoms with van der Waals surface area (Å²) in [6.07, 6.45) is 9.26. The van der Waals surface area contributed by atoms with E-state index in [1.165, 1.54) is 32.4 Å². The molecule has 2 rings (SSSR count). The highest BCUT2D eigenvalue weighted by molar-refractivity contribution is 5.09. The van der Waals surface area contributed by atoms with Crippen molar-refractivity contribution in [3.63, 3.8) is 0 Å². The van der Waals surface area contributed by atoms with Crippen LogP contribution in [0.1, 0.15) is 25.7 Å². The van der Waals surface area contributed by atoms with E-state index in [0.29, 0.717) is 6.04 Å². The van der Waals surface area contributed by atoms with Crippen LogP contribution in [0.4, 0.5) is 0 Å². The van der Waals surface area contributed by atoms with Gasteiger partial charge in [-0.3, -0.25) is 4.90 Å². The number of hydrogen-bond donors (Lipinski definition) is 0. The Morgan fingerprint density at radius 3 is 2.46 bits per heavy atom. The first-order chi connectivity index (χ1) is 6.40. The fourth-order valence-corrected chi connectivity index (χ4v) is 2.29. The van der Waals surface area contributed by atoms with E-state index in [-0.39, 0.29) is 5.92 Å². The second kappa shape index (κ2) is 3.93. The predicted molar refractivity (Wildman–Crippen MR) is 52.1 cm³/mol. The molecule has 70 valence electrons. The highest BCUT2D eigenvalue weighted by Gasteiger charge is 2.23. The average molecular weight is 176 g/mol. The van der Waals surface area contributed by atoms with Gasteiger partial charge in [0.05, 0.1) is 12.0 Å². The lowest BCUT2D eigenvalue weighted by Crippen LogP contribution is -2.33. The van der Waals surface area contributed by atoms with E-state index in [2.05, 4.69) is 23.1 Å². The van der Waals surface area contributed by atoms with Crippen LogP contribution in [0.5, 0.6) is 0 Å². The van der Waals surface area contributed by atoms with Gasteiger partial charge in [-0.15, -0.1) is 0 Å². The topological polar surface area (TPSA) is 27.0 Å². The van der Waals surface area contributed by atoms with Crippen molar-refractivity contribution in [2.75, 3.05) is 13.1 Å². The smallest absolute Gasteiger partial charge is 0.0697 e. The number of rotatable bonds is 1. The van der Waals surface area contributed by atoms with Gasteiger partial charge < -0.3 is 0 Å². The Bertz CT molecular complexity index is 233. The van der Waals surface area contributed by atoms with Crippen LogP contribution in [0, 0.1) is 17.2 Å². The Morgan fingerprint density at radius 2 is 1.92 bits per heavy atom. The van der Waals surface area contributed by atoms with Gasteiger partial charge >= 0.3 is 0 Å². The zero-order valence-electron chi connectivity index (χ0n) is 7.95. The molecule has 0 amide bonds. The summed E-state index contributed by atoms with van der Waals surface area (Å²) in [7, 11) is 0. The quantitative estimate of drug-likeness (QED) is 0.571. The lowest BCUT2D eigenvalue weighted by atomic mass is 9.93. The van der Waals surface area contributed by atoms with E-state index in [0.717, 1.165) is 6.42 Å². The molecule has 13 heavy (non-hydrogen) atoms. The summed E-state index contributed by atoms with van der Waals surface area (Å²) in [5.74, 6) is 0.179. The lowest BCUT2D eigenvalue weighted by molar-refractivity contribution is 0.258. The Morgan fingerprint density at radius 1 is 1.15 bits per heavy atom. The number of hydrogen-bond acceptors (Lipinski definition) is 2. The van der Waals surface area contributed by atoms with E-state index in [4.69, 9.17) is 5.26 Å². The molecule has 0 saturated carbocycles. The van der Waals surface area contributed by atoms with Crippen LogP contribution < -0.4 is 0 Å². The van der Waals surface area contributed by atoms with E-state index in [1.54, 1.807) is 0 Å². The first-order valence-corrected chi connectivity index (χ1v) is 5.22. The molecule has 1 saturated heterocycles. The third-order valence-electron chi connectivity index (χ3n) is 3.11. The summed E-state index contributed by atoms with van der Waals surface area (Å²) in [5, 5.41) is 8.73. The van der Waals surface area contributed by atoms with Gasteiger partial charge in [0.1, 0.15) is 0 Å². The molecule has 0 aromatic rings. The van der Waals surface area contributed by atoms with E-state index in [1.807, 2.05) is 0 Å². The first kappa shape index (κ1) is 8.77. The minimum Gasteiger partial charge on any atom is -0.297 e. The summed E-state index contributed by atoms with van der Waals surface area (Å²) < 4.78 is 0. The molecule has 2 nitrogen and oxygen atoms in total. The molecule has 2 unspecified atom stereocenters. The van der Waals surface area contributed by atoms with Crippen LogP contribution in [-0.2, 0) is 0 Å². The molecule has 0 aromatic heterocycles. The van der Waals surface area contributed by atoms with E-state index < -0.39 is 0 Å². The van der Waals surface area contributed by atoms with Crippen molar-refractivity contribution in [3.05, 3.63) is 12.2 Å². The van der Waals surface area contributed by atoms with Gasteiger partial charge in [0, 0.05) is 6.04 Å². The van der Waals surface area contributed by atoms with Crippen LogP contribution in [0.15, 0.2) is 12.2 Å². The molecule has 0 radical (unpaired) electrons. The summed E-state index contributed by atoms with van der Waals surface area (Å²) >= 11 is 0. The van der Waals surface area contributed by atoms with Crippen molar-refractivity contribution in [2.24, 2.45) is 5.92 Å². The maximum Gasteiger partial charge on any atom is 0.0697 e. The number of allylic oxidation sites excluding steroid dienone is 1. The standard InChI is InChI=1S/C11H16N2/c12-9-10-3-5-11(6-4-10)13-7-1-2-8-13/h3,5,10-11H,1-2,4,6-8H2. The molecule has 1 fully saturated rings. The Hall–Kier alpha value is -0.810. The van der Waals surface area contributed by atoms with Gasteiger partial charge in [0.25, 0.3) is 0 Å². The molecule has 0 bridgehead atoms.